The lowest BCUT2D eigenvalue weighted by atomic mass is 10.2. The molecule has 2 nitrogen and oxygen atoms in total. The minimum atomic E-state index is -0.105. The van der Waals surface area contributed by atoms with Gasteiger partial charge in [-0.25, -0.2) is 0 Å². The lowest BCUT2D eigenvalue weighted by Gasteiger charge is -2.06. The zero-order valence-corrected chi connectivity index (χ0v) is 12.4. The average Bonchev–Trinajstić information content (AvgIpc) is 2.39. The molecule has 0 saturated heterocycles. The van der Waals surface area contributed by atoms with E-state index in [0.29, 0.717) is 11.4 Å². The van der Waals surface area contributed by atoms with E-state index in [1.807, 2.05) is 42.5 Å². The van der Waals surface area contributed by atoms with E-state index in [1.54, 1.807) is 6.07 Å². The van der Waals surface area contributed by atoms with E-state index in [2.05, 4.69) is 27.9 Å². The van der Waals surface area contributed by atoms with Gasteiger partial charge in [-0.2, -0.15) is 0 Å². The summed E-state index contributed by atoms with van der Waals surface area (Å²) in [5, 5.41) is 2.85. The predicted molar refractivity (Wildman–Crippen MR) is 83.1 cm³/mol. The molecule has 92 valence electrons. The van der Waals surface area contributed by atoms with Crippen molar-refractivity contribution in [2.24, 2.45) is 0 Å². The summed E-state index contributed by atoms with van der Waals surface area (Å²) >= 11 is 7.89. The fraction of sp³-hybridized carbons (Fsp3) is 0.0714. The molecule has 0 radical (unpaired) electrons. The molecule has 0 saturated carbocycles. The Kier molecular flexibility index (Phi) is 4.60. The normalized spacial score (nSPS) is 10.1. The van der Waals surface area contributed by atoms with Crippen molar-refractivity contribution in [3.8, 4) is 0 Å². The molecule has 0 unspecified atom stereocenters. The Morgan fingerprint density at radius 1 is 1.17 bits per heavy atom. The second kappa shape index (κ2) is 6.20. The summed E-state index contributed by atoms with van der Waals surface area (Å²) < 4.78 is 1.04. The highest BCUT2D eigenvalue weighted by Gasteiger charge is 2.05. The number of benzene rings is 2. The van der Waals surface area contributed by atoms with Gasteiger partial charge in [0.15, 0.2) is 0 Å². The van der Waals surface area contributed by atoms with Gasteiger partial charge in [0.2, 0.25) is 0 Å². The van der Waals surface area contributed by atoms with Crippen LogP contribution in [0.2, 0.25) is 0 Å². The molecular formula is C14H11ClINO. The van der Waals surface area contributed by atoms with Gasteiger partial charge >= 0.3 is 0 Å². The molecule has 2 aromatic rings. The summed E-state index contributed by atoms with van der Waals surface area (Å²) in [4.78, 5) is 12.0. The first kappa shape index (κ1) is 13.4. The summed E-state index contributed by atoms with van der Waals surface area (Å²) in [6, 6.07) is 15.0. The molecule has 0 bridgehead atoms. The summed E-state index contributed by atoms with van der Waals surface area (Å²) in [6.45, 7) is 0. The van der Waals surface area contributed by atoms with E-state index in [0.717, 1.165) is 14.8 Å². The fourth-order valence-corrected chi connectivity index (χ4v) is 2.23. The molecule has 4 heteroatoms. The van der Waals surface area contributed by atoms with Crippen molar-refractivity contribution < 1.29 is 4.79 Å². The van der Waals surface area contributed by atoms with Crippen LogP contribution in [-0.4, -0.2) is 5.91 Å². The Balaban J connectivity index is 2.11. The summed E-state index contributed by atoms with van der Waals surface area (Å²) in [5.74, 6) is 0.373. The maximum Gasteiger partial charge on any atom is 0.255 e. The lowest BCUT2D eigenvalue weighted by Crippen LogP contribution is -2.11. The Morgan fingerprint density at radius 3 is 2.50 bits per heavy atom. The molecule has 0 fully saturated rings. The third-order valence-corrected chi connectivity index (χ3v) is 3.43. The number of amides is 1. The van der Waals surface area contributed by atoms with Crippen molar-refractivity contribution in [2.75, 3.05) is 5.32 Å². The number of anilines is 1. The third kappa shape index (κ3) is 3.46. The van der Waals surface area contributed by atoms with Crippen LogP contribution >= 0.6 is 34.2 Å². The maximum atomic E-state index is 12.0. The quantitative estimate of drug-likeness (QED) is 0.633. The lowest BCUT2D eigenvalue weighted by molar-refractivity contribution is 0.102. The van der Waals surface area contributed by atoms with Gasteiger partial charge in [-0.1, -0.05) is 18.2 Å². The first-order valence-electron chi connectivity index (χ1n) is 5.41. The van der Waals surface area contributed by atoms with Crippen LogP contribution in [0.3, 0.4) is 0 Å². The maximum absolute atomic E-state index is 12.0. The average molecular weight is 372 g/mol. The molecule has 0 spiro atoms. The van der Waals surface area contributed by atoms with Gasteiger partial charge in [0.25, 0.3) is 5.91 Å². The number of carbonyl (C=O) groups is 1. The first-order valence-corrected chi connectivity index (χ1v) is 7.02. The van der Waals surface area contributed by atoms with Gasteiger partial charge < -0.3 is 5.32 Å². The van der Waals surface area contributed by atoms with E-state index >= 15 is 0 Å². The number of hydrogen-bond donors (Lipinski definition) is 1. The molecule has 0 aliphatic rings. The van der Waals surface area contributed by atoms with Crippen molar-refractivity contribution >= 4 is 45.8 Å². The van der Waals surface area contributed by atoms with Crippen LogP contribution in [0.5, 0.6) is 0 Å². The molecule has 2 rings (SSSR count). The van der Waals surface area contributed by atoms with Crippen LogP contribution in [0.4, 0.5) is 5.69 Å². The highest BCUT2D eigenvalue weighted by Crippen LogP contribution is 2.14. The number of alkyl halides is 1. The smallest absolute Gasteiger partial charge is 0.255 e. The standard InChI is InChI=1S/C14H11ClINO/c15-9-10-4-6-13(7-5-10)17-14(18)11-2-1-3-12(16)8-11/h1-8H,9H2,(H,17,18). The van der Waals surface area contributed by atoms with Crippen LogP contribution in [0.25, 0.3) is 0 Å². The molecule has 0 aliphatic carbocycles. The Morgan fingerprint density at radius 2 is 1.89 bits per heavy atom. The molecule has 1 amide bonds. The van der Waals surface area contributed by atoms with Crippen LogP contribution in [-0.2, 0) is 5.88 Å². The highest BCUT2D eigenvalue weighted by molar-refractivity contribution is 14.1. The SMILES string of the molecule is O=C(Nc1ccc(CCl)cc1)c1cccc(I)c1. The van der Waals surface area contributed by atoms with Gasteiger partial charge in [0.1, 0.15) is 0 Å². The van der Waals surface area contributed by atoms with Gasteiger partial charge in [0.05, 0.1) is 0 Å². The summed E-state index contributed by atoms with van der Waals surface area (Å²) in [5.41, 5.74) is 2.46. The minimum absolute atomic E-state index is 0.105. The number of rotatable bonds is 3. The topological polar surface area (TPSA) is 29.1 Å². The monoisotopic (exact) mass is 371 g/mol. The number of nitrogens with one attached hydrogen (secondary N) is 1. The van der Waals surface area contributed by atoms with Crippen molar-refractivity contribution in [3.63, 3.8) is 0 Å². The molecule has 2 aromatic carbocycles. The Hall–Kier alpha value is -1.07. The first-order chi connectivity index (χ1) is 8.69. The Bertz CT molecular complexity index is 554. The van der Waals surface area contributed by atoms with Crippen LogP contribution in [0.1, 0.15) is 15.9 Å². The van der Waals surface area contributed by atoms with Crippen molar-refractivity contribution in [1.82, 2.24) is 0 Å². The molecule has 0 aliphatic heterocycles. The van der Waals surface area contributed by atoms with Crippen LogP contribution < -0.4 is 5.32 Å². The molecular weight excluding hydrogens is 361 g/mol. The molecule has 1 N–H and O–H groups in total. The van der Waals surface area contributed by atoms with E-state index in [9.17, 15) is 4.79 Å². The van der Waals surface area contributed by atoms with Gasteiger partial charge in [-0.05, 0) is 58.5 Å². The van der Waals surface area contributed by atoms with Crippen molar-refractivity contribution in [3.05, 3.63) is 63.2 Å². The largest absolute Gasteiger partial charge is 0.322 e. The second-order valence-electron chi connectivity index (χ2n) is 3.80. The molecule has 0 atom stereocenters. The van der Waals surface area contributed by atoms with Crippen LogP contribution in [0, 0.1) is 3.57 Å². The molecule has 0 heterocycles. The van der Waals surface area contributed by atoms with Crippen molar-refractivity contribution in [1.29, 1.82) is 0 Å². The second-order valence-corrected chi connectivity index (χ2v) is 5.31. The van der Waals surface area contributed by atoms with Gasteiger partial charge in [-0.15, -0.1) is 11.6 Å². The zero-order valence-electron chi connectivity index (χ0n) is 9.49. The molecule has 18 heavy (non-hydrogen) atoms. The summed E-state index contributed by atoms with van der Waals surface area (Å²) in [6.07, 6.45) is 0. The van der Waals surface area contributed by atoms with E-state index in [4.69, 9.17) is 11.6 Å². The third-order valence-electron chi connectivity index (χ3n) is 2.45. The van der Waals surface area contributed by atoms with E-state index < -0.39 is 0 Å². The Labute approximate surface area is 124 Å². The van der Waals surface area contributed by atoms with E-state index in [-0.39, 0.29) is 5.91 Å². The minimum Gasteiger partial charge on any atom is -0.322 e. The zero-order chi connectivity index (χ0) is 13.0. The number of carbonyl (C=O) groups excluding carboxylic acids is 1. The van der Waals surface area contributed by atoms with Gasteiger partial charge in [-0.3, -0.25) is 4.79 Å². The highest BCUT2D eigenvalue weighted by atomic mass is 127. The number of halogens is 2. The van der Waals surface area contributed by atoms with Gasteiger partial charge in [0, 0.05) is 20.7 Å². The predicted octanol–water partition coefficient (Wildman–Crippen LogP) is 4.28. The fourth-order valence-electron chi connectivity index (χ4n) is 1.51. The number of hydrogen-bond acceptors (Lipinski definition) is 1. The van der Waals surface area contributed by atoms with E-state index in [1.165, 1.54) is 0 Å². The van der Waals surface area contributed by atoms with Crippen LogP contribution in [0.15, 0.2) is 48.5 Å². The molecule has 0 aromatic heterocycles. The van der Waals surface area contributed by atoms with Crippen molar-refractivity contribution in [2.45, 2.75) is 5.88 Å². The summed E-state index contributed by atoms with van der Waals surface area (Å²) in [7, 11) is 0.